The summed E-state index contributed by atoms with van der Waals surface area (Å²) in [4.78, 5) is 26.5. The number of hydrogen-bond donors (Lipinski definition) is 0. The summed E-state index contributed by atoms with van der Waals surface area (Å²) < 4.78 is 1.24. The number of amides is 1. The van der Waals surface area contributed by atoms with E-state index in [1.165, 1.54) is 15.4 Å². The topological polar surface area (TPSA) is 37.4 Å². The van der Waals surface area contributed by atoms with Crippen LogP contribution in [0.25, 0.3) is 0 Å². The van der Waals surface area contributed by atoms with Crippen LogP contribution in [0.1, 0.15) is 17.3 Å². The molecule has 0 aliphatic heterocycles. The Morgan fingerprint density at radius 1 is 1.38 bits per heavy atom. The summed E-state index contributed by atoms with van der Waals surface area (Å²) in [6, 6.07) is 7.65. The van der Waals surface area contributed by atoms with Gasteiger partial charge in [-0.2, -0.15) is 0 Å². The number of ketones is 1. The number of halogens is 1. The Hall–Kier alpha value is -0.910. The zero-order valence-corrected chi connectivity index (χ0v) is 11.8. The summed E-state index contributed by atoms with van der Waals surface area (Å²) in [5, 5.41) is 0. The molecule has 0 atom stereocenters. The molecule has 0 radical (unpaired) electrons. The van der Waals surface area contributed by atoms with Crippen molar-refractivity contribution < 1.29 is 30.8 Å². The molecular weight excluding hydrogens is 317 g/mol. The van der Waals surface area contributed by atoms with E-state index >= 15 is 0 Å². The first-order valence-corrected chi connectivity index (χ1v) is 8.12. The van der Waals surface area contributed by atoms with Crippen LogP contribution in [0.4, 0.5) is 0 Å². The Balaban J connectivity index is 2.83. The molecular formula is C12H15INO2-. The SMILES string of the molecule is C[I-]c1cccc(C(=O)N(C)CC(C)=O)c1. The van der Waals surface area contributed by atoms with Gasteiger partial charge in [-0.1, -0.05) is 0 Å². The van der Waals surface area contributed by atoms with Crippen molar-refractivity contribution in [2.24, 2.45) is 0 Å². The van der Waals surface area contributed by atoms with Crippen LogP contribution in [0.2, 0.25) is 0 Å². The summed E-state index contributed by atoms with van der Waals surface area (Å²) >= 11 is -0.00778. The second-order valence-electron chi connectivity index (χ2n) is 3.56. The van der Waals surface area contributed by atoms with Gasteiger partial charge >= 0.3 is 106 Å². The van der Waals surface area contributed by atoms with Gasteiger partial charge in [0.1, 0.15) is 0 Å². The molecule has 0 spiro atoms. The van der Waals surface area contributed by atoms with Gasteiger partial charge in [-0.15, -0.1) is 0 Å². The minimum atomic E-state index is -0.0884. The average Bonchev–Trinajstić information content (AvgIpc) is 2.27. The summed E-state index contributed by atoms with van der Waals surface area (Å²) in [6.07, 6.45) is 0. The Morgan fingerprint density at radius 2 is 2.06 bits per heavy atom. The average molecular weight is 332 g/mol. The first-order valence-electron chi connectivity index (χ1n) is 4.89. The summed E-state index contributed by atoms with van der Waals surface area (Å²) in [7, 11) is 1.65. The number of Topliss-reactive ketones (excluding diaryl/α,β-unsaturated/α-hetero) is 1. The van der Waals surface area contributed by atoms with Crippen molar-refractivity contribution in [2.45, 2.75) is 6.92 Å². The number of hydrogen-bond acceptors (Lipinski definition) is 2. The van der Waals surface area contributed by atoms with E-state index in [0.717, 1.165) is 0 Å². The molecule has 0 unspecified atom stereocenters. The maximum atomic E-state index is 11.9. The maximum absolute atomic E-state index is 11.9. The van der Waals surface area contributed by atoms with E-state index in [-0.39, 0.29) is 39.4 Å². The summed E-state index contributed by atoms with van der Waals surface area (Å²) in [6.45, 7) is 1.65. The number of carbonyl (C=O) groups is 2. The molecule has 1 amide bonds. The summed E-state index contributed by atoms with van der Waals surface area (Å²) in [5.74, 6) is -0.0931. The van der Waals surface area contributed by atoms with Crippen molar-refractivity contribution in [2.75, 3.05) is 18.5 Å². The molecule has 0 saturated heterocycles. The molecule has 0 aromatic heterocycles. The molecule has 1 aromatic carbocycles. The first kappa shape index (κ1) is 13.2. The molecule has 0 heterocycles. The van der Waals surface area contributed by atoms with Gasteiger partial charge in [-0.05, 0) is 0 Å². The van der Waals surface area contributed by atoms with Crippen LogP contribution in [0.3, 0.4) is 0 Å². The third-order valence-electron chi connectivity index (χ3n) is 2.10. The van der Waals surface area contributed by atoms with Gasteiger partial charge in [0, 0.05) is 0 Å². The minimum absolute atomic E-state index is 0.00470. The number of alkyl halides is 1. The Kier molecular flexibility index (Phi) is 4.92. The molecule has 1 aromatic rings. The van der Waals surface area contributed by atoms with E-state index in [9.17, 15) is 9.59 Å². The first-order chi connectivity index (χ1) is 7.54. The van der Waals surface area contributed by atoms with Crippen LogP contribution in [0.15, 0.2) is 24.3 Å². The molecule has 0 aliphatic rings. The molecule has 0 bridgehead atoms. The van der Waals surface area contributed by atoms with Crippen LogP contribution in [-0.2, 0) is 4.79 Å². The molecule has 0 fully saturated rings. The van der Waals surface area contributed by atoms with Gasteiger partial charge in [-0.25, -0.2) is 0 Å². The zero-order chi connectivity index (χ0) is 12.1. The van der Waals surface area contributed by atoms with Crippen molar-refractivity contribution in [1.29, 1.82) is 0 Å². The number of carbonyl (C=O) groups excluding carboxylic acids is 2. The number of nitrogens with zero attached hydrogens (tertiary/aromatic N) is 1. The van der Waals surface area contributed by atoms with E-state index < -0.39 is 0 Å². The Labute approximate surface area is 106 Å². The fraction of sp³-hybridized carbons (Fsp3) is 0.333. The second-order valence-corrected chi connectivity index (χ2v) is 5.89. The summed E-state index contributed by atoms with van der Waals surface area (Å²) in [5.41, 5.74) is 0.669. The van der Waals surface area contributed by atoms with Gasteiger partial charge in [0.25, 0.3) is 0 Å². The van der Waals surface area contributed by atoms with Crippen molar-refractivity contribution in [3.8, 4) is 0 Å². The monoisotopic (exact) mass is 332 g/mol. The molecule has 16 heavy (non-hydrogen) atoms. The van der Waals surface area contributed by atoms with Crippen molar-refractivity contribution >= 4 is 11.7 Å². The van der Waals surface area contributed by atoms with Crippen LogP contribution in [-0.4, -0.2) is 35.1 Å². The van der Waals surface area contributed by atoms with Gasteiger partial charge in [0.05, 0.1) is 0 Å². The molecule has 0 saturated carbocycles. The van der Waals surface area contributed by atoms with Crippen LogP contribution < -0.4 is 21.2 Å². The number of likely N-dealkylation sites (N-methyl/N-ethyl adjacent to an activating group) is 1. The van der Waals surface area contributed by atoms with E-state index in [2.05, 4.69) is 4.93 Å². The van der Waals surface area contributed by atoms with Crippen LogP contribution in [0, 0.1) is 3.57 Å². The third-order valence-corrected chi connectivity index (χ3v) is 4.01. The molecule has 88 valence electrons. The molecule has 3 nitrogen and oxygen atoms in total. The fourth-order valence-corrected chi connectivity index (χ4v) is 2.58. The van der Waals surface area contributed by atoms with Crippen LogP contribution in [0.5, 0.6) is 0 Å². The number of rotatable bonds is 4. The molecule has 0 aliphatic carbocycles. The number of benzene rings is 1. The quantitative estimate of drug-likeness (QED) is 0.484. The third kappa shape index (κ3) is 3.59. The Morgan fingerprint density at radius 3 is 2.62 bits per heavy atom. The van der Waals surface area contributed by atoms with E-state index in [1.807, 2.05) is 18.2 Å². The van der Waals surface area contributed by atoms with Crippen molar-refractivity contribution in [3.05, 3.63) is 33.4 Å². The predicted octanol–water partition coefficient (Wildman–Crippen LogP) is -1.76. The second kappa shape index (κ2) is 5.98. The normalized spacial score (nSPS) is 10.2. The van der Waals surface area contributed by atoms with Crippen molar-refractivity contribution in [3.63, 3.8) is 0 Å². The molecule has 0 N–H and O–H groups in total. The van der Waals surface area contributed by atoms with Gasteiger partial charge in [-0.3, -0.25) is 0 Å². The molecule has 4 heteroatoms. The van der Waals surface area contributed by atoms with Crippen LogP contribution >= 0.6 is 0 Å². The fourth-order valence-electron chi connectivity index (χ4n) is 1.37. The van der Waals surface area contributed by atoms with E-state index in [1.54, 1.807) is 13.1 Å². The Bertz CT molecular complexity index is 404. The van der Waals surface area contributed by atoms with E-state index in [4.69, 9.17) is 0 Å². The standard InChI is InChI=1S/C12H15INO2/c1-9(15)8-14(3)12(16)10-5-4-6-11(7-10)13-2/h4-7H,8H2,1-3H3/q-1. The van der Waals surface area contributed by atoms with Crippen molar-refractivity contribution in [1.82, 2.24) is 4.90 Å². The molecule has 1 rings (SSSR count). The van der Waals surface area contributed by atoms with Gasteiger partial charge < -0.3 is 0 Å². The van der Waals surface area contributed by atoms with Gasteiger partial charge in [0.2, 0.25) is 0 Å². The zero-order valence-electron chi connectivity index (χ0n) is 9.66. The predicted molar refractivity (Wildman–Crippen MR) is 58.7 cm³/mol. The van der Waals surface area contributed by atoms with Gasteiger partial charge in [0.15, 0.2) is 0 Å². The van der Waals surface area contributed by atoms with E-state index in [0.29, 0.717) is 5.56 Å².